The SMILES string of the molecule is CO[C@H]1/C=C/O[C@@]2(C)Oc3c(C)c(O)c4c(O)c(c5c(c4c3C2=O)NC2(CCN(CC(C)I)CC2)N=5)=NC(=O)/C(C)=C\C=C\[C@H](C)[C@H](O)[C@@H](C)[C@@H](O)[C@@H](C)[C@H](OC(=O)CC(=O)NCC2CCN(C)CC2)[C@@H]1C. The average molecular weight is 1110 g/mol. The summed E-state index contributed by atoms with van der Waals surface area (Å²) in [5.74, 6) is -8.08. The number of phenolic OH excluding ortho intramolecular Hbond substituents is 2. The first-order valence-corrected chi connectivity index (χ1v) is 26.4. The van der Waals surface area contributed by atoms with E-state index in [0.29, 0.717) is 48.0 Å². The number of amides is 2. The number of methoxy groups -OCH3 is 1. The van der Waals surface area contributed by atoms with Crippen LogP contribution in [0.3, 0.4) is 0 Å². The van der Waals surface area contributed by atoms with Crippen LogP contribution in [0.4, 0.5) is 5.69 Å². The number of allylic oxidation sites excluding steroid dienone is 2. The fourth-order valence-electron chi connectivity index (χ4n) is 10.8. The number of fused-ring (bicyclic) bond motifs is 13. The van der Waals surface area contributed by atoms with Gasteiger partial charge in [0.05, 0.1) is 41.2 Å². The second-order valence-electron chi connectivity index (χ2n) is 21.0. The number of nitrogens with one attached hydrogen (secondary N) is 2. The third-order valence-corrected chi connectivity index (χ3v) is 15.9. The zero-order chi connectivity index (χ0) is 52.6. The van der Waals surface area contributed by atoms with Crippen LogP contribution in [0.25, 0.3) is 10.8 Å². The van der Waals surface area contributed by atoms with Crippen molar-refractivity contribution in [1.29, 1.82) is 0 Å². The Labute approximate surface area is 435 Å². The number of carbonyl (C=O) groups excluding carboxylic acids is 4. The minimum absolute atomic E-state index is 0.0273. The van der Waals surface area contributed by atoms with E-state index in [1.165, 1.54) is 32.4 Å². The number of ether oxygens (including phenoxy) is 4. The van der Waals surface area contributed by atoms with Gasteiger partial charge in [0, 0.05) is 97.2 Å². The monoisotopic (exact) mass is 1110 g/mol. The number of esters is 1. The van der Waals surface area contributed by atoms with Crippen molar-refractivity contribution in [2.24, 2.45) is 39.6 Å². The van der Waals surface area contributed by atoms with Crippen molar-refractivity contribution in [2.75, 3.05) is 58.7 Å². The number of aromatic hydroxyl groups is 2. The number of benzene rings is 2. The molecule has 5 bridgehead atoms. The molecule has 6 N–H and O–H groups in total. The van der Waals surface area contributed by atoms with Gasteiger partial charge in [-0.25, -0.2) is 4.99 Å². The molecule has 1 unspecified atom stereocenters. The maximum absolute atomic E-state index is 14.9. The van der Waals surface area contributed by atoms with Crippen LogP contribution in [-0.2, 0) is 28.6 Å². The summed E-state index contributed by atoms with van der Waals surface area (Å²) in [5, 5.41) is 54.2. The maximum Gasteiger partial charge on any atom is 0.315 e. The van der Waals surface area contributed by atoms with Gasteiger partial charge in [-0.05, 0) is 58.8 Å². The van der Waals surface area contributed by atoms with Crippen LogP contribution in [0, 0.1) is 36.5 Å². The molecule has 2 fully saturated rings. The Balaban J connectivity index is 1.28. The van der Waals surface area contributed by atoms with Crippen molar-refractivity contribution in [3.8, 4) is 17.2 Å². The minimum atomic E-state index is -2.01. The van der Waals surface area contributed by atoms with Gasteiger partial charge in [0.25, 0.3) is 11.7 Å². The van der Waals surface area contributed by atoms with E-state index in [2.05, 4.69) is 62.0 Å². The number of alkyl halides is 1. The predicted octanol–water partition coefficient (Wildman–Crippen LogP) is 4.75. The number of ketones is 1. The topological polar surface area (TPSA) is 241 Å². The van der Waals surface area contributed by atoms with Crippen LogP contribution in [0.1, 0.15) is 96.5 Å². The molecule has 394 valence electrons. The van der Waals surface area contributed by atoms with Crippen molar-refractivity contribution >= 4 is 62.6 Å². The lowest BCUT2D eigenvalue weighted by molar-refractivity contribution is -0.164. The summed E-state index contributed by atoms with van der Waals surface area (Å²) >= 11 is 2.40. The molecule has 1 spiro atoms. The van der Waals surface area contributed by atoms with E-state index in [0.717, 1.165) is 32.5 Å². The van der Waals surface area contributed by atoms with Crippen molar-refractivity contribution in [2.45, 2.75) is 127 Å². The molecule has 0 aromatic heterocycles. The Morgan fingerprint density at radius 3 is 2.31 bits per heavy atom. The number of Topliss-reactive ketones (excluding diaryl/α,β-unsaturated/α-hetero) is 1. The average Bonchev–Trinajstić information content (AvgIpc) is 3.84. The molecular formula is C53H73IN6O12. The molecule has 2 aromatic rings. The molecule has 10 atom stereocenters. The number of aliphatic hydroxyl groups is 2. The molecule has 72 heavy (non-hydrogen) atoms. The summed E-state index contributed by atoms with van der Waals surface area (Å²) < 4.78 is 25.0. The first-order valence-electron chi connectivity index (χ1n) is 25.2. The molecule has 6 aliphatic heterocycles. The molecule has 6 aliphatic rings. The molecule has 2 aromatic carbocycles. The van der Waals surface area contributed by atoms with Crippen LogP contribution in [0.5, 0.6) is 17.2 Å². The smallest absolute Gasteiger partial charge is 0.315 e. The molecule has 18 nitrogen and oxygen atoms in total. The van der Waals surface area contributed by atoms with Crippen LogP contribution in [0.15, 0.2) is 46.1 Å². The molecule has 0 saturated carbocycles. The summed E-state index contributed by atoms with van der Waals surface area (Å²) in [6.45, 7) is 18.2. The van der Waals surface area contributed by atoms with Gasteiger partial charge in [0.1, 0.15) is 40.4 Å². The zero-order valence-electron chi connectivity index (χ0n) is 43.2. The highest BCUT2D eigenvalue weighted by molar-refractivity contribution is 14.1. The molecule has 0 aliphatic carbocycles. The summed E-state index contributed by atoms with van der Waals surface area (Å²) in [6.07, 6.45) is 5.75. The van der Waals surface area contributed by atoms with Crippen LogP contribution < -0.4 is 26.1 Å². The minimum Gasteiger partial charge on any atom is -0.507 e. The van der Waals surface area contributed by atoms with Crippen molar-refractivity contribution < 1.29 is 58.6 Å². The quantitative estimate of drug-likeness (QED) is 0.0688. The number of carbonyl (C=O) groups is 4. The number of anilines is 1. The number of hydrogen-bond acceptors (Lipinski definition) is 16. The van der Waals surface area contributed by atoms with Gasteiger partial charge in [0.2, 0.25) is 5.91 Å². The molecule has 8 rings (SSSR count). The van der Waals surface area contributed by atoms with E-state index in [1.807, 2.05) is 0 Å². The van der Waals surface area contributed by atoms with Gasteiger partial charge < -0.3 is 59.8 Å². The number of phenols is 2. The number of halogens is 1. The van der Waals surface area contributed by atoms with Crippen LogP contribution in [-0.4, -0.2) is 147 Å². The molecule has 2 amide bonds. The highest BCUT2D eigenvalue weighted by atomic mass is 127. The van der Waals surface area contributed by atoms with E-state index in [4.69, 9.17) is 23.9 Å². The van der Waals surface area contributed by atoms with Gasteiger partial charge in [-0.15, -0.1) is 0 Å². The first kappa shape index (κ1) is 55.1. The van der Waals surface area contributed by atoms with E-state index in [9.17, 15) is 39.6 Å². The Morgan fingerprint density at radius 1 is 0.972 bits per heavy atom. The third-order valence-electron chi connectivity index (χ3n) is 15.5. The highest BCUT2D eigenvalue weighted by Gasteiger charge is 2.51. The molecule has 0 radical (unpaired) electrons. The summed E-state index contributed by atoms with van der Waals surface area (Å²) in [5.41, 5.74) is -0.234. The normalized spacial score (nSPS) is 31.6. The number of hydrogen-bond donors (Lipinski definition) is 6. The van der Waals surface area contributed by atoms with Gasteiger partial charge >= 0.3 is 11.8 Å². The Bertz CT molecular complexity index is 2640. The number of likely N-dealkylation sites (tertiary alicyclic amines) is 2. The second-order valence-corrected chi connectivity index (χ2v) is 23.1. The zero-order valence-corrected chi connectivity index (χ0v) is 45.3. The number of rotatable bonds is 8. The fourth-order valence-corrected chi connectivity index (χ4v) is 11.4. The Hall–Kier alpha value is -4.67. The number of nitrogens with zero attached hydrogens (tertiary/aromatic N) is 4. The largest absolute Gasteiger partial charge is 0.507 e. The van der Waals surface area contributed by atoms with Gasteiger partial charge in [0.15, 0.2) is 5.75 Å². The third kappa shape index (κ3) is 11.4. The molecule has 2 saturated heterocycles. The van der Waals surface area contributed by atoms with E-state index >= 15 is 0 Å². The van der Waals surface area contributed by atoms with Crippen LogP contribution >= 0.6 is 22.6 Å². The second kappa shape index (κ2) is 22.4. The maximum atomic E-state index is 14.9. The summed E-state index contributed by atoms with van der Waals surface area (Å²) in [7, 11) is 3.50. The first-order chi connectivity index (χ1) is 34.0. The van der Waals surface area contributed by atoms with Crippen LogP contribution in [0.2, 0.25) is 0 Å². The molecule has 19 heteroatoms. The standard InChI is InChI=1S/C53H73IN6O12/c1-27-12-11-13-28(2)51(68)56-43-42-41(57-53(58-42)17-21-60(22-18-53)26-29(3)54)38-39(47(43)66)46(65)33(7)49-40(38)50(67)52(8,72-49)70-23-16-35(69-10)30(4)48(32(6)45(64)31(5)44(27)63)71-37(62)24-36(61)55-25-34-14-19-59(9)20-15-34/h11-13,16,23,27,29-32,34-35,44-45,48,57,63-66H,14-15,17-22,24-26H2,1-10H3,(H,55,61)/b12-11+,23-16+,28-13-,56-43?/t27-,29?,30+,31+,32+,35-,44-,45+,48+,52-/m0/s1. The van der Waals surface area contributed by atoms with Crippen molar-refractivity contribution in [3.05, 3.63) is 58.0 Å². The highest BCUT2D eigenvalue weighted by Crippen LogP contribution is 2.51. The summed E-state index contributed by atoms with van der Waals surface area (Å²) in [6, 6.07) is 0. The van der Waals surface area contributed by atoms with Gasteiger partial charge in [-0.1, -0.05) is 75.4 Å². The molecule has 6 heterocycles. The van der Waals surface area contributed by atoms with Crippen molar-refractivity contribution in [3.63, 3.8) is 0 Å². The van der Waals surface area contributed by atoms with Crippen molar-refractivity contribution in [1.82, 2.24) is 15.1 Å². The lowest BCUT2D eigenvalue weighted by Gasteiger charge is -2.38. The number of aliphatic hydroxyl groups excluding tert-OH is 2. The molecular weight excluding hydrogens is 1040 g/mol. The van der Waals surface area contributed by atoms with E-state index < -0.39 is 101 Å². The fraction of sp³-hybridized carbons (Fsp3) is 0.623. The van der Waals surface area contributed by atoms with E-state index in [1.54, 1.807) is 53.7 Å². The number of piperidine rings is 2. The lowest BCUT2D eigenvalue weighted by atomic mass is 9.78. The summed E-state index contributed by atoms with van der Waals surface area (Å²) in [4.78, 5) is 69.8. The van der Waals surface area contributed by atoms with Gasteiger partial charge in [-0.3, -0.25) is 24.2 Å². The van der Waals surface area contributed by atoms with Gasteiger partial charge in [-0.2, -0.15) is 0 Å². The van der Waals surface area contributed by atoms with E-state index in [-0.39, 0.29) is 43.9 Å². The lowest BCUT2D eigenvalue weighted by Crippen LogP contribution is -2.47. The predicted molar refractivity (Wildman–Crippen MR) is 279 cm³/mol. The Kier molecular flexibility index (Phi) is 17.2. The Morgan fingerprint density at radius 2 is 1.65 bits per heavy atom.